The molecule has 2 aromatic rings. The highest BCUT2D eigenvalue weighted by Gasteiger charge is 2.44. The Morgan fingerprint density at radius 3 is 2.65 bits per heavy atom. The van der Waals surface area contributed by atoms with E-state index in [1.165, 1.54) is 0 Å². The van der Waals surface area contributed by atoms with E-state index in [-0.39, 0.29) is 17.9 Å². The second kappa shape index (κ2) is 8.69. The van der Waals surface area contributed by atoms with E-state index in [1.54, 1.807) is 0 Å². The third-order valence-corrected chi connectivity index (χ3v) is 9.40. The number of hydrogen-bond donors (Lipinski definition) is 4. The Bertz CT molecular complexity index is 1130. The molecule has 1 saturated heterocycles. The quantitative estimate of drug-likeness (QED) is 0.500. The molecule has 0 radical (unpaired) electrons. The molecule has 1 aliphatic carbocycles. The molecule has 5 N–H and O–H groups in total. The standard InChI is InChI=1S/C23H34N6O4S/c1-3-29-22-19(14(2)27-29)20(26-16-6-10-34(31,32)11-7-16)17(13-25-22)18-12-23(33-28-18)8-4-15(5-9-23)21(24)30/h13,15-16,31-32H,3-12H2,1-2H3,(H2,24,30)(H,25,26). The molecule has 34 heavy (non-hydrogen) atoms. The van der Waals surface area contributed by atoms with Crippen LogP contribution in [0.25, 0.3) is 11.0 Å². The number of oxime groups is 1. The molecule has 1 spiro atoms. The Balaban J connectivity index is 1.46. The van der Waals surface area contributed by atoms with Gasteiger partial charge in [0.25, 0.3) is 0 Å². The van der Waals surface area contributed by atoms with Crippen molar-refractivity contribution in [1.29, 1.82) is 0 Å². The molecule has 10 nitrogen and oxygen atoms in total. The number of fused-ring (bicyclic) bond motifs is 1. The van der Waals surface area contributed by atoms with Gasteiger partial charge in [0.05, 0.1) is 22.5 Å². The van der Waals surface area contributed by atoms with Crippen LogP contribution in [0.2, 0.25) is 0 Å². The number of carbonyl (C=O) groups is 1. The van der Waals surface area contributed by atoms with E-state index in [9.17, 15) is 13.9 Å². The third kappa shape index (κ3) is 4.25. The van der Waals surface area contributed by atoms with Gasteiger partial charge in [0.15, 0.2) is 5.65 Å². The minimum absolute atomic E-state index is 0.0883. The highest BCUT2D eigenvalue weighted by atomic mass is 32.3. The van der Waals surface area contributed by atoms with Gasteiger partial charge in [-0.2, -0.15) is 15.7 Å². The number of pyridine rings is 1. The third-order valence-electron chi connectivity index (χ3n) is 7.62. The lowest BCUT2D eigenvalue weighted by molar-refractivity contribution is -0.125. The number of nitrogens with one attached hydrogen (secondary N) is 1. The van der Waals surface area contributed by atoms with Crippen LogP contribution < -0.4 is 11.1 Å². The van der Waals surface area contributed by atoms with Gasteiger partial charge in [0, 0.05) is 48.2 Å². The van der Waals surface area contributed by atoms with Crippen molar-refractivity contribution in [1.82, 2.24) is 14.8 Å². The summed E-state index contributed by atoms with van der Waals surface area (Å²) in [6.45, 7) is 4.75. The number of amides is 1. The Hall–Kier alpha value is -2.37. The van der Waals surface area contributed by atoms with Gasteiger partial charge in [-0.3, -0.25) is 13.9 Å². The van der Waals surface area contributed by atoms with Crippen LogP contribution in [0.4, 0.5) is 5.69 Å². The summed E-state index contributed by atoms with van der Waals surface area (Å²) >= 11 is 0. The van der Waals surface area contributed by atoms with E-state index >= 15 is 0 Å². The number of carbonyl (C=O) groups excluding carboxylic acids is 1. The number of anilines is 1. The smallest absolute Gasteiger partial charge is 0.220 e. The molecule has 0 aromatic carbocycles. The number of nitrogens with two attached hydrogens (primary N) is 1. The zero-order chi connectivity index (χ0) is 24.1. The van der Waals surface area contributed by atoms with Crippen LogP contribution >= 0.6 is 10.6 Å². The first-order chi connectivity index (χ1) is 16.2. The maximum absolute atomic E-state index is 11.6. The number of nitrogens with zero attached hydrogens (tertiary/aromatic N) is 4. The Kier molecular flexibility index (Phi) is 5.97. The zero-order valence-corrected chi connectivity index (χ0v) is 20.6. The summed E-state index contributed by atoms with van der Waals surface area (Å²) in [4.78, 5) is 22.4. The molecular weight excluding hydrogens is 456 g/mol. The van der Waals surface area contributed by atoms with E-state index in [1.807, 2.05) is 24.7 Å². The summed E-state index contributed by atoms with van der Waals surface area (Å²) < 4.78 is 22.0. The van der Waals surface area contributed by atoms with Crippen LogP contribution in [-0.4, -0.2) is 58.6 Å². The molecule has 186 valence electrons. The monoisotopic (exact) mass is 490 g/mol. The number of primary amides is 1. The van der Waals surface area contributed by atoms with E-state index in [4.69, 9.17) is 15.6 Å². The normalized spacial score (nSPS) is 23.6. The molecule has 3 aliphatic rings. The first-order valence-electron chi connectivity index (χ1n) is 12.1. The van der Waals surface area contributed by atoms with Crippen LogP contribution in [0.15, 0.2) is 11.4 Å². The summed E-state index contributed by atoms with van der Waals surface area (Å²) in [5.74, 6) is 0.503. The van der Waals surface area contributed by atoms with Crippen molar-refractivity contribution >= 4 is 38.9 Å². The van der Waals surface area contributed by atoms with Crippen LogP contribution in [0.1, 0.15) is 63.1 Å². The molecule has 0 unspecified atom stereocenters. The molecule has 1 amide bonds. The summed E-state index contributed by atoms with van der Waals surface area (Å²) in [5, 5.41) is 13.9. The Morgan fingerprint density at radius 1 is 1.29 bits per heavy atom. The lowest BCUT2D eigenvalue weighted by atomic mass is 9.76. The minimum Gasteiger partial charge on any atom is -0.389 e. The summed E-state index contributed by atoms with van der Waals surface area (Å²) in [6, 6.07) is 0.122. The predicted octanol–water partition coefficient (Wildman–Crippen LogP) is 3.62. The van der Waals surface area contributed by atoms with Crippen molar-refractivity contribution in [2.75, 3.05) is 16.8 Å². The van der Waals surface area contributed by atoms with Gasteiger partial charge in [-0.05, 0) is 52.4 Å². The first-order valence-corrected chi connectivity index (χ1v) is 14.0. The van der Waals surface area contributed by atoms with Crippen LogP contribution in [0.3, 0.4) is 0 Å². The first kappa shape index (κ1) is 23.4. The topological polar surface area (TPSA) is 148 Å². The largest absolute Gasteiger partial charge is 0.389 e. The second-order valence-corrected chi connectivity index (χ2v) is 12.4. The highest BCUT2D eigenvalue weighted by Crippen LogP contribution is 2.46. The fourth-order valence-electron chi connectivity index (χ4n) is 5.53. The molecule has 1 saturated carbocycles. The van der Waals surface area contributed by atoms with E-state index in [0.717, 1.165) is 59.4 Å². The van der Waals surface area contributed by atoms with Gasteiger partial charge in [-0.15, -0.1) is 0 Å². The van der Waals surface area contributed by atoms with Crippen molar-refractivity contribution in [2.45, 2.75) is 77.0 Å². The number of aryl methyl sites for hydroxylation is 2. The van der Waals surface area contributed by atoms with Crippen molar-refractivity contribution in [3.63, 3.8) is 0 Å². The average Bonchev–Trinajstić information content (AvgIpc) is 3.36. The van der Waals surface area contributed by atoms with E-state index in [2.05, 4.69) is 15.6 Å². The summed E-state index contributed by atoms with van der Waals surface area (Å²) in [7, 11) is -2.46. The van der Waals surface area contributed by atoms with E-state index < -0.39 is 16.2 Å². The maximum Gasteiger partial charge on any atom is 0.220 e. The molecule has 0 atom stereocenters. The van der Waals surface area contributed by atoms with Gasteiger partial charge in [0.1, 0.15) is 5.60 Å². The SMILES string of the molecule is CCn1nc(C)c2c(NC3CCS(O)(O)CC3)c(C3=NOC4(CCC(C(N)=O)CC4)C3)cnc21. The van der Waals surface area contributed by atoms with Gasteiger partial charge in [0.2, 0.25) is 5.91 Å². The maximum atomic E-state index is 11.6. The Morgan fingerprint density at radius 2 is 2.00 bits per heavy atom. The highest BCUT2D eigenvalue weighted by molar-refractivity contribution is 8.24. The molecule has 11 heteroatoms. The van der Waals surface area contributed by atoms with Gasteiger partial charge < -0.3 is 15.9 Å². The van der Waals surface area contributed by atoms with Crippen molar-refractivity contribution in [2.24, 2.45) is 16.8 Å². The summed E-state index contributed by atoms with van der Waals surface area (Å²) in [5.41, 5.74) is 9.53. The fraction of sp³-hybridized carbons (Fsp3) is 0.652. The zero-order valence-electron chi connectivity index (χ0n) is 19.8. The number of hydrogen-bond acceptors (Lipinski definition) is 8. The lowest BCUT2D eigenvalue weighted by Gasteiger charge is -2.39. The van der Waals surface area contributed by atoms with Crippen LogP contribution in [0, 0.1) is 12.8 Å². The van der Waals surface area contributed by atoms with Crippen molar-refractivity contribution in [3.05, 3.63) is 17.5 Å². The van der Waals surface area contributed by atoms with Crippen LogP contribution in [0.5, 0.6) is 0 Å². The molecule has 2 aliphatic heterocycles. The predicted molar refractivity (Wildman–Crippen MR) is 133 cm³/mol. The number of aromatic nitrogens is 3. The Labute approximate surface area is 200 Å². The van der Waals surface area contributed by atoms with Crippen LogP contribution in [-0.2, 0) is 16.2 Å². The lowest BCUT2D eigenvalue weighted by Crippen LogP contribution is -2.38. The van der Waals surface area contributed by atoms with Gasteiger partial charge in [-0.1, -0.05) is 5.16 Å². The molecule has 4 heterocycles. The van der Waals surface area contributed by atoms with Crippen molar-refractivity contribution < 1.29 is 18.7 Å². The van der Waals surface area contributed by atoms with Gasteiger partial charge >= 0.3 is 0 Å². The fourth-order valence-corrected chi connectivity index (χ4v) is 7.05. The second-order valence-electron chi connectivity index (χ2n) is 9.94. The molecule has 5 rings (SSSR count). The summed E-state index contributed by atoms with van der Waals surface area (Å²) in [6.07, 6.45) is 6.83. The molecular formula is C23H34N6O4S. The minimum atomic E-state index is -2.46. The molecule has 0 bridgehead atoms. The molecule has 2 fully saturated rings. The average molecular weight is 491 g/mol. The van der Waals surface area contributed by atoms with Gasteiger partial charge in [-0.25, -0.2) is 9.67 Å². The van der Waals surface area contributed by atoms with Crippen molar-refractivity contribution in [3.8, 4) is 0 Å². The molecule has 2 aromatic heterocycles. The number of rotatable bonds is 5. The van der Waals surface area contributed by atoms with E-state index in [0.29, 0.717) is 37.3 Å².